The first kappa shape index (κ1) is 37.4. The van der Waals surface area contributed by atoms with E-state index in [-0.39, 0.29) is 17.1 Å². The molecule has 4 aliphatic carbocycles. The number of ether oxygens (including phenoxy) is 2. The van der Waals surface area contributed by atoms with Crippen LogP contribution in [0.2, 0.25) is 0 Å². The Balaban J connectivity index is 1.13. The molecule has 48 heavy (non-hydrogen) atoms. The molecule has 2 unspecified atom stereocenters. The van der Waals surface area contributed by atoms with Crippen LogP contribution in [0.1, 0.15) is 162 Å². The van der Waals surface area contributed by atoms with Gasteiger partial charge in [-0.25, -0.2) is 9.18 Å². The number of esters is 1. The van der Waals surface area contributed by atoms with Gasteiger partial charge in [0.15, 0.2) is 0 Å². The molecular weight excluding hydrogens is 595 g/mol. The van der Waals surface area contributed by atoms with Crippen LogP contribution >= 0.6 is 0 Å². The Labute approximate surface area is 293 Å². The first-order chi connectivity index (χ1) is 22.8. The third-order valence-corrected chi connectivity index (χ3v) is 14.1. The maximum atomic E-state index is 15.1. The van der Waals surface area contributed by atoms with E-state index in [1.807, 2.05) is 0 Å². The fourth-order valence-electron chi connectivity index (χ4n) is 11.1. The van der Waals surface area contributed by atoms with Crippen LogP contribution in [0.5, 0.6) is 5.75 Å². The van der Waals surface area contributed by atoms with Crippen LogP contribution in [-0.4, -0.2) is 18.7 Å². The minimum absolute atomic E-state index is 0.0104. The minimum Gasteiger partial charge on any atom is -0.493 e. The lowest BCUT2D eigenvalue weighted by Gasteiger charge is -2.58. The molecule has 3 nitrogen and oxygen atoms in total. The number of carbonyl (C=O) groups excluding carboxylic acids is 1. The van der Waals surface area contributed by atoms with Gasteiger partial charge >= 0.3 is 5.97 Å². The fraction of sp³-hybridized carbons (Fsp3) is 0.795. The van der Waals surface area contributed by atoms with Gasteiger partial charge in [0, 0.05) is 12.5 Å². The third-order valence-electron chi connectivity index (χ3n) is 14.1. The summed E-state index contributed by atoms with van der Waals surface area (Å²) in [5, 5.41) is 0. The summed E-state index contributed by atoms with van der Waals surface area (Å²) >= 11 is 0. The Morgan fingerprint density at radius 1 is 0.875 bits per heavy atom. The SMILES string of the molecule is CC(C)CCCC(C)CCOc1ccc(C(=O)OC2CC[C@@]3(C)C(=CC[C@H]4[C@@H]5CC[C@H]([C@H](C)CCCC(C)C)[C@@]5(C)CC[C@@H]43)C2)c(F)c1. The standard InChI is InChI=1S/C44H69FO3/c1-29(2)11-9-13-31(5)23-26-47-34-16-18-37(41(45)28-34)42(46)48-35-21-24-43(7)33(27-35)15-17-36-39-20-19-38(32(6)14-10-12-30(3)4)44(39,8)25-22-40(36)43/h15-16,18,28-32,35-36,38-40H,9-14,17,19-27H2,1-8H3/t31?,32-,35?,36+,38-,39+,40+,43+,44-/m1/s1. The lowest BCUT2D eigenvalue weighted by molar-refractivity contribution is -0.0595. The minimum atomic E-state index is -0.558. The molecule has 0 amide bonds. The summed E-state index contributed by atoms with van der Waals surface area (Å²) in [6.45, 7) is 19.8. The Morgan fingerprint density at radius 3 is 2.31 bits per heavy atom. The highest BCUT2D eigenvalue weighted by molar-refractivity contribution is 5.90. The molecule has 4 heteroatoms. The van der Waals surface area contributed by atoms with Gasteiger partial charge in [-0.3, -0.25) is 0 Å². The predicted octanol–water partition coefficient (Wildman–Crippen LogP) is 12.6. The van der Waals surface area contributed by atoms with Crippen LogP contribution in [0.4, 0.5) is 4.39 Å². The average molecular weight is 665 g/mol. The smallest absolute Gasteiger partial charge is 0.341 e. The van der Waals surface area contributed by atoms with Crippen molar-refractivity contribution < 1.29 is 18.7 Å². The van der Waals surface area contributed by atoms with Crippen LogP contribution in [0, 0.1) is 64.0 Å². The number of fused-ring (bicyclic) bond motifs is 5. The molecule has 9 atom stereocenters. The van der Waals surface area contributed by atoms with Gasteiger partial charge in [-0.15, -0.1) is 0 Å². The van der Waals surface area contributed by atoms with E-state index in [1.54, 1.807) is 6.07 Å². The predicted molar refractivity (Wildman–Crippen MR) is 197 cm³/mol. The van der Waals surface area contributed by atoms with Gasteiger partial charge in [0.25, 0.3) is 0 Å². The fourth-order valence-corrected chi connectivity index (χ4v) is 11.1. The molecule has 0 heterocycles. The van der Waals surface area contributed by atoms with E-state index in [0.29, 0.717) is 23.7 Å². The summed E-state index contributed by atoms with van der Waals surface area (Å²) in [4.78, 5) is 13.2. The molecule has 0 N–H and O–H groups in total. The van der Waals surface area contributed by atoms with Gasteiger partial charge in [0.05, 0.1) is 12.2 Å². The zero-order chi connectivity index (χ0) is 34.6. The number of hydrogen-bond donors (Lipinski definition) is 0. The van der Waals surface area contributed by atoms with Crippen molar-refractivity contribution in [2.45, 2.75) is 158 Å². The van der Waals surface area contributed by atoms with E-state index in [2.05, 4.69) is 61.5 Å². The number of carbonyl (C=O) groups is 1. The van der Waals surface area contributed by atoms with Gasteiger partial charge in [0.1, 0.15) is 17.7 Å². The van der Waals surface area contributed by atoms with Crippen molar-refractivity contribution in [1.82, 2.24) is 0 Å². The summed E-state index contributed by atoms with van der Waals surface area (Å²) in [6, 6.07) is 4.59. The van der Waals surface area contributed by atoms with E-state index in [9.17, 15) is 4.79 Å². The first-order valence-corrected chi connectivity index (χ1v) is 20.1. The van der Waals surface area contributed by atoms with Gasteiger partial charge in [0.2, 0.25) is 0 Å². The van der Waals surface area contributed by atoms with Crippen LogP contribution in [0.3, 0.4) is 0 Å². The largest absolute Gasteiger partial charge is 0.493 e. The summed E-state index contributed by atoms with van der Waals surface area (Å²) < 4.78 is 27.0. The summed E-state index contributed by atoms with van der Waals surface area (Å²) in [6.07, 6.45) is 20.5. The number of benzene rings is 1. The van der Waals surface area contributed by atoms with Crippen LogP contribution in [-0.2, 0) is 4.74 Å². The van der Waals surface area contributed by atoms with Crippen molar-refractivity contribution in [3.8, 4) is 5.75 Å². The van der Waals surface area contributed by atoms with Crippen molar-refractivity contribution in [1.29, 1.82) is 0 Å². The van der Waals surface area contributed by atoms with E-state index >= 15 is 4.39 Å². The second kappa shape index (κ2) is 16.0. The molecule has 0 spiro atoms. The molecule has 1 aromatic rings. The molecular formula is C44H69FO3. The molecule has 5 rings (SSSR count). The summed E-state index contributed by atoms with van der Waals surface area (Å²) in [5.74, 6) is 5.56. The van der Waals surface area contributed by atoms with Gasteiger partial charge in [-0.05, 0) is 122 Å². The monoisotopic (exact) mass is 665 g/mol. The Morgan fingerprint density at radius 2 is 1.60 bits per heavy atom. The van der Waals surface area contributed by atoms with Crippen LogP contribution < -0.4 is 4.74 Å². The molecule has 4 aliphatic rings. The number of allylic oxidation sites excluding steroid dienone is 1. The average Bonchev–Trinajstić information content (AvgIpc) is 3.38. The highest BCUT2D eigenvalue weighted by Gasteiger charge is 2.59. The highest BCUT2D eigenvalue weighted by atomic mass is 19.1. The summed E-state index contributed by atoms with van der Waals surface area (Å²) in [5.41, 5.74) is 2.19. The Hall–Kier alpha value is -1.84. The van der Waals surface area contributed by atoms with Crippen LogP contribution in [0.15, 0.2) is 29.8 Å². The van der Waals surface area contributed by atoms with Gasteiger partial charge < -0.3 is 9.47 Å². The Kier molecular flexibility index (Phi) is 12.5. The first-order valence-electron chi connectivity index (χ1n) is 20.1. The normalized spacial score (nSPS) is 32.6. The van der Waals surface area contributed by atoms with Gasteiger partial charge in [-0.1, -0.05) is 106 Å². The van der Waals surface area contributed by atoms with Crippen molar-refractivity contribution in [3.63, 3.8) is 0 Å². The molecule has 0 radical (unpaired) electrons. The molecule has 270 valence electrons. The van der Waals surface area contributed by atoms with Crippen molar-refractivity contribution in [2.24, 2.45) is 58.2 Å². The van der Waals surface area contributed by atoms with Crippen molar-refractivity contribution >= 4 is 5.97 Å². The zero-order valence-corrected chi connectivity index (χ0v) is 31.9. The van der Waals surface area contributed by atoms with Crippen LogP contribution in [0.25, 0.3) is 0 Å². The lowest BCUT2D eigenvalue weighted by Crippen LogP contribution is -2.51. The van der Waals surface area contributed by atoms with E-state index in [0.717, 1.165) is 67.1 Å². The van der Waals surface area contributed by atoms with E-state index in [1.165, 1.54) is 88.3 Å². The molecule has 0 bridgehead atoms. The molecule has 1 aromatic carbocycles. The third kappa shape index (κ3) is 8.37. The topological polar surface area (TPSA) is 35.5 Å². The maximum Gasteiger partial charge on any atom is 0.341 e. The van der Waals surface area contributed by atoms with Crippen molar-refractivity contribution in [2.75, 3.05) is 6.61 Å². The molecule has 3 fully saturated rings. The lowest BCUT2D eigenvalue weighted by atomic mass is 9.47. The van der Waals surface area contributed by atoms with E-state index in [4.69, 9.17) is 9.47 Å². The number of hydrogen-bond acceptors (Lipinski definition) is 3. The van der Waals surface area contributed by atoms with E-state index < -0.39 is 11.8 Å². The maximum absolute atomic E-state index is 15.1. The Bertz CT molecular complexity index is 1250. The second-order valence-electron chi connectivity index (χ2n) is 18.3. The highest BCUT2D eigenvalue weighted by Crippen LogP contribution is 2.67. The molecule has 0 saturated heterocycles. The summed E-state index contributed by atoms with van der Waals surface area (Å²) in [7, 11) is 0. The quantitative estimate of drug-likeness (QED) is 0.138. The zero-order valence-electron chi connectivity index (χ0n) is 31.9. The molecule has 0 aromatic heterocycles. The molecule has 3 saturated carbocycles. The number of rotatable bonds is 15. The van der Waals surface area contributed by atoms with Gasteiger partial charge in [-0.2, -0.15) is 0 Å². The number of halogens is 1. The second-order valence-corrected chi connectivity index (χ2v) is 18.3. The van der Waals surface area contributed by atoms with Crippen molar-refractivity contribution in [3.05, 3.63) is 41.2 Å². The molecule has 0 aliphatic heterocycles.